The first-order valence-electron chi connectivity index (χ1n) is 12.4. The minimum Gasteiger partial charge on any atom is -0.371 e. The molecule has 0 aliphatic carbocycles. The quantitative estimate of drug-likeness (QED) is 0.441. The Morgan fingerprint density at radius 1 is 1.11 bits per heavy atom. The number of fused-ring (bicyclic) bond motifs is 2. The van der Waals surface area contributed by atoms with Crippen molar-refractivity contribution in [2.45, 2.75) is 39.7 Å². The van der Waals surface area contributed by atoms with Crippen LogP contribution < -0.4 is 15.8 Å². The monoisotopic (exact) mass is 471 g/mol. The number of aromatic amines is 1. The summed E-state index contributed by atoms with van der Waals surface area (Å²) in [5, 5.41) is 4.27. The number of nitrogens with zero attached hydrogens (tertiary/aromatic N) is 5. The fourth-order valence-electron chi connectivity index (χ4n) is 4.88. The van der Waals surface area contributed by atoms with Crippen molar-refractivity contribution in [2.24, 2.45) is 0 Å². The maximum Gasteiger partial charge on any atom is 0.251 e. The summed E-state index contributed by atoms with van der Waals surface area (Å²) in [7, 11) is 1.89. The lowest BCUT2D eigenvalue weighted by Gasteiger charge is -2.37. The number of aryl methyl sites for hydroxylation is 1. The van der Waals surface area contributed by atoms with Gasteiger partial charge in [-0.2, -0.15) is 0 Å². The van der Waals surface area contributed by atoms with E-state index in [0.29, 0.717) is 12.3 Å². The summed E-state index contributed by atoms with van der Waals surface area (Å²) in [6.07, 6.45) is 4.47. The van der Waals surface area contributed by atoms with Crippen LogP contribution in [0.4, 0.5) is 11.5 Å². The topological polar surface area (TPSA) is 90.0 Å². The molecule has 35 heavy (non-hydrogen) atoms. The standard InChI is InChI=1S/C27H33N7O/c1-5-19-13-21-22(31-27(19)35)12-18(15-30-21)16-33-8-10-34(11-9-33)23-14-20-6-7-29-26(28-4)25(20)32-24(23)17(2)3/h6-7,12-15,17H,5,8-11,16H2,1-4H3,(H,28,29)(H,31,35). The number of aromatic nitrogens is 4. The van der Waals surface area contributed by atoms with E-state index >= 15 is 0 Å². The molecule has 5 heterocycles. The molecule has 1 saturated heterocycles. The van der Waals surface area contributed by atoms with Crippen molar-refractivity contribution in [1.82, 2.24) is 24.8 Å². The van der Waals surface area contributed by atoms with E-state index in [9.17, 15) is 4.79 Å². The summed E-state index contributed by atoms with van der Waals surface area (Å²) in [4.78, 5) is 34.2. The van der Waals surface area contributed by atoms with E-state index in [4.69, 9.17) is 4.98 Å². The van der Waals surface area contributed by atoms with Crippen molar-refractivity contribution in [3.63, 3.8) is 0 Å². The molecule has 4 aromatic heterocycles. The highest BCUT2D eigenvalue weighted by molar-refractivity contribution is 5.91. The number of piperazine rings is 1. The molecule has 1 aliphatic rings. The lowest BCUT2D eigenvalue weighted by molar-refractivity contribution is 0.249. The third-order valence-electron chi connectivity index (χ3n) is 6.85. The Bertz CT molecular complexity index is 1420. The van der Waals surface area contributed by atoms with Crippen molar-refractivity contribution < 1.29 is 0 Å². The second kappa shape index (κ2) is 9.62. The summed E-state index contributed by atoms with van der Waals surface area (Å²) in [6.45, 7) is 11.0. The summed E-state index contributed by atoms with van der Waals surface area (Å²) < 4.78 is 0. The zero-order valence-corrected chi connectivity index (χ0v) is 20.9. The van der Waals surface area contributed by atoms with E-state index in [1.165, 1.54) is 5.69 Å². The first kappa shape index (κ1) is 23.2. The summed E-state index contributed by atoms with van der Waals surface area (Å²) in [5.74, 6) is 1.13. The van der Waals surface area contributed by atoms with Crippen molar-refractivity contribution >= 4 is 33.4 Å². The molecule has 2 N–H and O–H groups in total. The zero-order chi connectivity index (χ0) is 24.5. The fraction of sp³-hybridized carbons (Fsp3) is 0.407. The highest BCUT2D eigenvalue weighted by Gasteiger charge is 2.22. The van der Waals surface area contributed by atoms with Gasteiger partial charge in [0.2, 0.25) is 0 Å². The van der Waals surface area contributed by atoms with Gasteiger partial charge in [0.15, 0.2) is 5.82 Å². The molecule has 0 saturated carbocycles. The van der Waals surface area contributed by atoms with E-state index in [1.54, 1.807) is 0 Å². The number of nitrogens with one attached hydrogen (secondary N) is 2. The number of anilines is 2. The molecule has 182 valence electrons. The van der Waals surface area contributed by atoms with Crippen LogP contribution in [-0.2, 0) is 13.0 Å². The molecular weight excluding hydrogens is 438 g/mol. The molecule has 0 atom stereocenters. The first-order chi connectivity index (χ1) is 17.0. The average molecular weight is 472 g/mol. The van der Waals surface area contributed by atoms with Crippen LogP contribution in [0.25, 0.3) is 21.9 Å². The van der Waals surface area contributed by atoms with Crippen LogP contribution in [0.15, 0.2) is 41.5 Å². The van der Waals surface area contributed by atoms with Gasteiger partial charge in [-0.15, -0.1) is 0 Å². The van der Waals surface area contributed by atoms with Gasteiger partial charge in [0.05, 0.1) is 22.4 Å². The molecule has 8 nitrogen and oxygen atoms in total. The predicted octanol–water partition coefficient (Wildman–Crippen LogP) is 3.92. The number of pyridine rings is 4. The number of rotatable bonds is 6. The zero-order valence-electron chi connectivity index (χ0n) is 20.9. The molecule has 0 radical (unpaired) electrons. The molecule has 0 amide bonds. The van der Waals surface area contributed by atoms with Crippen LogP contribution in [0.5, 0.6) is 0 Å². The Balaban J connectivity index is 1.33. The van der Waals surface area contributed by atoms with Crippen LogP contribution in [0, 0.1) is 0 Å². The molecule has 0 spiro atoms. The second-order valence-electron chi connectivity index (χ2n) is 9.55. The summed E-state index contributed by atoms with van der Waals surface area (Å²) in [5.41, 5.74) is 6.79. The highest BCUT2D eigenvalue weighted by atomic mass is 16.1. The maximum absolute atomic E-state index is 12.2. The van der Waals surface area contributed by atoms with Crippen LogP contribution in [0.3, 0.4) is 0 Å². The van der Waals surface area contributed by atoms with Gasteiger partial charge in [0.1, 0.15) is 5.52 Å². The normalized spacial score (nSPS) is 14.8. The Kier molecular flexibility index (Phi) is 6.38. The summed E-state index contributed by atoms with van der Waals surface area (Å²) in [6, 6.07) is 8.26. The van der Waals surface area contributed by atoms with Crippen LogP contribution in [0.2, 0.25) is 0 Å². The largest absolute Gasteiger partial charge is 0.371 e. The Hall–Kier alpha value is -3.52. The van der Waals surface area contributed by atoms with E-state index in [0.717, 1.165) is 77.3 Å². The van der Waals surface area contributed by atoms with Gasteiger partial charge >= 0.3 is 0 Å². The van der Waals surface area contributed by atoms with Crippen LogP contribution in [0.1, 0.15) is 43.5 Å². The minimum atomic E-state index is -0.0184. The maximum atomic E-state index is 12.2. The van der Waals surface area contributed by atoms with E-state index in [2.05, 4.69) is 56.0 Å². The smallest absolute Gasteiger partial charge is 0.251 e. The van der Waals surface area contributed by atoms with Crippen molar-refractivity contribution in [1.29, 1.82) is 0 Å². The predicted molar refractivity (Wildman–Crippen MR) is 142 cm³/mol. The van der Waals surface area contributed by atoms with Gasteiger partial charge in [-0.1, -0.05) is 20.8 Å². The van der Waals surface area contributed by atoms with E-state index in [-0.39, 0.29) is 5.56 Å². The molecule has 5 rings (SSSR count). The van der Waals surface area contributed by atoms with Gasteiger partial charge in [0.25, 0.3) is 5.56 Å². The molecule has 0 bridgehead atoms. The van der Waals surface area contributed by atoms with Crippen LogP contribution >= 0.6 is 0 Å². The molecule has 0 aromatic carbocycles. The van der Waals surface area contributed by atoms with Gasteiger partial charge < -0.3 is 15.2 Å². The Labute approximate surface area is 205 Å². The number of hydrogen-bond donors (Lipinski definition) is 2. The summed E-state index contributed by atoms with van der Waals surface area (Å²) >= 11 is 0. The lowest BCUT2D eigenvalue weighted by Crippen LogP contribution is -2.46. The molecular formula is C27H33N7O. The SMILES string of the molecule is CCc1cc2ncc(CN3CCN(c4cc5ccnc(NC)c5nc4C(C)C)CC3)cc2[nH]c1=O. The van der Waals surface area contributed by atoms with Crippen LogP contribution in [-0.4, -0.2) is 58.1 Å². The first-order valence-corrected chi connectivity index (χ1v) is 12.4. The highest BCUT2D eigenvalue weighted by Crippen LogP contribution is 2.32. The van der Waals surface area contributed by atoms with Gasteiger partial charge in [-0.25, -0.2) is 9.97 Å². The Morgan fingerprint density at radius 2 is 1.91 bits per heavy atom. The van der Waals surface area contributed by atoms with Gasteiger partial charge in [0, 0.05) is 63.1 Å². The molecule has 8 heteroatoms. The second-order valence-corrected chi connectivity index (χ2v) is 9.55. The van der Waals surface area contributed by atoms with E-state index < -0.39 is 0 Å². The minimum absolute atomic E-state index is 0.0184. The van der Waals surface area contributed by atoms with Crippen molar-refractivity contribution in [2.75, 3.05) is 43.4 Å². The molecule has 4 aromatic rings. The average Bonchev–Trinajstić information content (AvgIpc) is 2.87. The van der Waals surface area contributed by atoms with Crippen molar-refractivity contribution in [3.05, 3.63) is 63.8 Å². The van der Waals surface area contributed by atoms with Crippen molar-refractivity contribution in [3.8, 4) is 0 Å². The van der Waals surface area contributed by atoms with E-state index in [1.807, 2.05) is 38.5 Å². The Morgan fingerprint density at radius 3 is 2.63 bits per heavy atom. The molecule has 1 fully saturated rings. The van der Waals surface area contributed by atoms with Gasteiger partial charge in [-0.3, -0.25) is 14.7 Å². The fourth-order valence-corrected chi connectivity index (χ4v) is 4.88. The lowest BCUT2D eigenvalue weighted by atomic mass is 10.0. The third-order valence-corrected chi connectivity index (χ3v) is 6.85. The third kappa shape index (κ3) is 4.58. The molecule has 0 unspecified atom stereocenters. The number of hydrogen-bond acceptors (Lipinski definition) is 7. The number of H-pyrrole nitrogens is 1. The van der Waals surface area contributed by atoms with Gasteiger partial charge in [-0.05, 0) is 42.2 Å². The molecule has 1 aliphatic heterocycles.